The van der Waals surface area contributed by atoms with E-state index in [2.05, 4.69) is 18.8 Å². The fourth-order valence-electron chi connectivity index (χ4n) is 2.40. The first-order valence-electron chi connectivity index (χ1n) is 6.32. The van der Waals surface area contributed by atoms with Crippen LogP contribution in [-0.4, -0.2) is 19.6 Å². The van der Waals surface area contributed by atoms with Gasteiger partial charge in [0.05, 0.1) is 13.1 Å². The highest BCUT2D eigenvalue weighted by Gasteiger charge is 2.17. The summed E-state index contributed by atoms with van der Waals surface area (Å²) in [5, 5.41) is 0.760. The number of quaternary nitrogens is 1. The molecule has 1 aromatic carbocycles. The fourth-order valence-corrected chi connectivity index (χ4v) is 2.59. The van der Waals surface area contributed by atoms with Crippen molar-refractivity contribution in [3.05, 3.63) is 34.9 Å². The molecule has 1 N–H and O–H groups in total. The molecule has 1 nitrogen and oxygen atoms in total. The van der Waals surface area contributed by atoms with E-state index < -0.39 is 0 Å². The smallest absolute Gasteiger partial charge is 0.139 e. The molecule has 0 aliphatic carbocycles. The van der Waals surface area contributed by atoms with Crippen molar-refractivity contribution in [2.24, 2.45) is 5.92 Å². The molecule has 18 heavy (non-hydrogen) atoms. The summed E-state index contributed by atoms with van der Waals surface area (Å²) in [5.41, 5.74) is 1.02. The highest BCUT2D eigenvalue weighted by atomic mass is 35.5. The summed E-state index contributed by atoms with van der Waals surface area (Å²) in [6.07, 6.45) is 2.72. The molecule has 0 aromatic heterocycles. The van der Waals surface area contributed by atoms with Crippen molar-refractivity contribution in [1.29, 1.82) is 0 Å². The van der Waals surface area contributed by atoms with Gasteiger partial charge in [0, 0.05) is 16.5 Å². The average molecular weight is 284 g/mol. The average Bonchev–Trinajstić information content (AvgIpc) is 2.29. The first kappa shape index (κ1) is 15.4. The Hall–Kier alpha value is -0.680. The zero-order chi connectivity index (χ0) is 12.1. The highest BCUT2D eigenvalue weighted by molar-refractivity contribution is 6.30. The molecule has 2 atom stereocenters. The van der Waals surface area contributed by atoms with Gasteiger partial charge in [-0.05, 0) is 37.0 Å². The molecule has 1 saturated heterocycles. The lowest BCUT2D eigenvalue weighted by Crippen LogP contribution is -3.13. The molecule has 1 aliphatic heterocycles. The van der Waals surface area contributed by atoms with Gasteiger partial charge in [0.1, 0.15) is 6.54 Å². The molecule has 3 heteroatoms. The monoisotopic (exact) mass is 283 g/mol. The normalized spacial score (nSPS) is 22.6. The third kappa shape index (κ3) is 4.90. The maximum Gasteiger partial charge on any atom is 0.139 e. The molecule has 0 spiro atoms. The van der Waals surface area contributed by atoms with Crippen LogP contribution in [0.25, 0.3) is 0 Å². The fraction of sp³-hybridized carbons (Fsp3) is 0.467. The van der Waals surface area contributed by atoms with Crippen LogP contribution in [0.3, 0.4) is 0 Å². The van der Waals surface area contributed by atoms with E-state index in [1.54, 1.807) is 4.90 Å². The van der Waals surface area contributed by atoms with E-state index in [1.165, 1.54) is 25.9 Å². The predicted molar refractivity (Wildman–Crippen MR) is 72.3 cm³/mol. The van der Waals surface area contributed by atoms with Crippen LogP contribution in [-0.2, 0) is 0 Å². The lowest BCUT2D eigenvalue weighted by atomic mass is 10.0. The van der Waals surface area contributed by atoms with Crippen LogP contribution in [0.2, 0.25) is 5.02 Å². The maximum absolute atomic E-state index is 5.92. The minimum Gasteiger partial charge on any atom is -1.00 e. The summed E-state index contributed by atoms with van der Waals surface area (Å²) in [7, 11) is 0. The Bertz CT molecular complexity index is 434. The zero-order valence-electron chi connectivity index (χ0n) is 10.7. The zero-order valence-corrected chi connectivity index (χ0v) is 12.2. The first-order valence-corrected chi connectivity index (χ1v) is 6.70. The predicted octanol–water partition coefficient (Wildman–Crippen LogP) is -0.990. The highest BCUT2D eigenvalue weighted by Crippen LogP contribution is 2.09. The van der Waals surface area contributed by atoms with Crippen molar-refractivity contribution < 1.29 is 17.3 Å². The standard InChI is InChI=1S/C15H18ClN.ClH/c1-13-5-3-9-17(12-13)10-4-7-14-6-2-8-15(16)11-14;/h2,6,8,11,13H,3,5,9-10,12H2,1H3;1H. The third-order valence-electron chi connectivity index (χ3n) is 3.26. The lowest BCUT2D eigenvalue weighted by Gasteiger charge is -2.26. The number of piperidine rings is 1. The molecule has 1 aliphatic rings. The number of halogens is 2. The van der Waals surface area contributed by atoms with Crippen molar-refractivity contribution >= 4 is 11.6 Å². The van der Waals surface area contributed by atoms with Crippen LogP contribution in [0.15, 0.2) is 24.3 Å². The van der Waals surface area contributed by atoms with Gasteiger partial charge in [-0.3, -0.25) is 0 Å². The van der Waals surface area contributed by atoms with Gasteiger partial charge in [-0.25, -0.2) is 0 Å². The summed E-state index contributed by atoms with van der Waals surface area (Å²) >= 11 is 5.92. The molecule has 2 unspecified atom stereocenters. The second-order valence-electron chi connectivity index (χ2n) is 4.94. The Morgan fingerprint density at radius 1 is 1.44 bits per heavy atom. The number of likely N-dealkylation sites (tertiary alicyclic amines) is 1. The van der Waals surface area contributed by atoms with E-state index in [0.29, 0.717) is 0 Å². The molecule has 0 radical (unpaired) electrons. The third-order valence-corrected chi connectivity index (χ3v) is 3.50. The summed E-state index contributed by atoms with van der Waals surface area (Å²) in [6, 6.07) is 7.75. The van der Waals surface area contributed by atoms with Crippen molar-refractivity contribution in [2.45, 2.75) is 19.8 Å². The summed E-state index contributed by atoms with van der Waals surface area (Å²) in [5.74, 6) is 7.32. The summed E-state index contributed by atoms with van der Waals surface area (Å²) in [6.45, 7) is 5.83. The minimum atomic E-state index is 0. The number of hydrogen-bond acceptors (Lipinski definition) is 0. The van der Waals surface area contributed by atoms with E-state index in [9.17, 15) is 0 Å². The second-order valence-corrected chi connectivity index (χ2v) is 5.38. The van der Waals surface area contributed by atoms with Crippen molar-refractivity contribution in [3.63, 3.8) is 0 Å². The molecule has 0 amide bonds. The van der Waals surface area contributed by atoms with E-state index in [0.717, 1.165) is 23.0 Å². The van der Waals surface area contributed by atoms with Crippen LogP contribution >= 0.6 is 11.6 Å². The Kier molecular flexibility index (Phi) is 6.57. The molecule has 1 aromatic rings. The van der Waals surface area contributed by atoms with Gasteiger partial charge in [-0.15, -0.1) is 0 Å². The van der Waals surface area contributed by atoms with Gasteiger partial charge < -0.3 is 17.3 Å². The minimum absolute atomic E-state index is 0. The Balaban J connectivity index is 0.00000162. The van der Waals surface area contributed by atoms with Crippen molar-refractivity contribution in [3.8, 4) is 11.8 Å². The van der Waals surface area contributed by atoms with Gasteiger partial charge in [0.15, 0.2) is 0 Å². The topological polar surface area (TPSA) is 4.44 Å². The SMILES string of the molecule is CC1CCC[NH+](CC#Cc2cccc(Cl)c2)C1.[Cl-]. The number of benzene rings is 1. The van der Waals surface area contributed by atoms with Crippen molar-refractivity contribution in [2.75, 3.05) is 19.6 Å². The quantitative estimate of drug-likeness (QED) is 0.632. The van der Waals surface area contributed by atoms with Crippen LogP contribution in [0.5, 0.6) is 0 Å². The van der Waals surface area contributed by atoms with Gasteiger partial charge >= 0.3 is 0 Å². The maximum atomic E-state index is 5.92. The van der Waals surface area contributed by atoms with Crippen LogP contribution in [0.4, 0.5) is 0 Å². The van der Waals surface area contributed by atoms with Gasteiger partial charge in [0.25, 0.3) is 0 Å². The van der Waals surface area contributed by atoms with Crippen LogP contribution in [0.1, 0.15) is 25.3 Å². The molecule has 1 heterocycles. The molecule has 1 fully saturated rings. The Morgan fingerprint density at radius 2 is 2.28 bits per heavy atom. The summed E-state index contributed by atoms with van der Waals surface area (Å²) < 4.78 is 0. The lowest BCUT2D eigenvalue weighted by molar-refractivity contribution is -0.901. The van der Waals surface area contributed by atoms with Gasteiger partial charge in [0.2, 0.25) is 0 Å². The number of rotatable bonds is 1. The van der Waals surface area contributed by atoms with E-state index >= 15 is 0 Å². The van der Waals surface area contributed by atoms with Gasteiger partial charge in [-0.1, -0.05) is 30.5 Å². The molecular formula is C15H19Cl2N. The second kappa shape index (κ2) is 7.69. The molecule has 0 saturated carbocycles. The molecule has 0 bridgehead atoms. The van der Waals surface area contributed by atoms with Gasteiger partial charge in [-0.2, -0.15) is 0 Å². The number of nitrogens with one attached hydrogen (secondary N) is 1. The molecule has 2 rings (SSSR count). The molecule has 98 valence electrons. The van der Waals surface area contributed by atoms with E-state index in [-0.39, 0.29) is 12.4 Å². The molecular weight excluding hydrogens is 265 g/mol. The number of hydrogen-bond donors (Lipinski definition) is 1. The largest absolute Gasteiger partial charge is 1.00 e. The summed E-state index contributed by atoms with van der Waals surface area (Å²) in [4.78, 5) is 1.62. The van der Waals surface area contributed by atoms with Crippen LogP contribution < -0.4 is 17.3 Å². The van der Waals surface area contributed by atoms with Crippen LogP contribution in [0, 0.1) is 17.8 Å². The Labute approximate surface area is 121 Å². The van der Waals surface area contributed by atoms with Crippen molar-refractivity contribution in [1.82, 2.24) is 0 Å². The Morgan fingerprint density at radius 3 is 3.00 bits per heavy atom. The van der Waals surface area contributed by atoms with E-state index in [4.69, 9.17) is 11.6 Å². The van der Waals surface area contributed by atoms with E-state index in [1.807, 2.05) is 24.3 Å². The first-order chi connectivity index (χ1) is 8.24.